The molecule has 1 aromatic carbocycles. The Hall–Kier alpha value is -1.40. The van der Waals surface area contributed by atoms with Crippen molar-refractivity contribution in [1.82, 2.24) is 4.90 Å². The van der Waals surface area contributed by atoms with Crippen LogP contribution in [0.4, 0.5) is 5.69 Å². The van der Waals surface area contributed by atoms with Crippen molar-refractivity contribution in [3.05, 3.63) is 23.8 Å². The predicted molar refractivity (Wildman–Crippen MR) is 89.7 cm³/mol. The van der Waals surface area contributed by atoms with Crippen LogP contribution in [0.3, 0.4) is 0 Å². The van der Waals surface area contributed by atoms with E-state index in [0.717, 1.165) is 29.2 Å². The van der Waals surface area contributed by atoms with Crippen molar-refractivity contribution in [2.75, 3.05) is 38.3 Å². The molecule has 1 fully saturated rings. The van der Waals surface area contributed by atoms with E-state index in [1.54, 1.807) is 11.8 Å². The van der Waals surface area contributed by atoms with Crippen LogP contribution < -0.4 is 10.6 Å². The number of hydrogen-bond acceptors (Lipinski definition) is 5. The molecule has 0 amide bonds. The second kappa shape index (κ2) is 7.04. The average molecular weight is 308 g/mol. The van der Waals surface area contributed by atoms with Crippen molar-refractivity contribution in [1.29, 1.82) is 0 Å². The van der Waals surface area contributed by atoms with Gasteiger partial charge in [-0.15, -0.1) is 11.8 Å². The van der Waals surface area contributed by atoms with Crippen LogP contribution in [0.25, 0.3) is 0 Å². The maximum absolute atomic E-state index is 9.07. The van der Waals surface area contributed by atoms with Gasteiger partial charge in [-0.2, -0.15) is 0 Å². The lowest BCUT2D eigenvalue weighted by Crippen LogP contribution is -2.37. The Balaban J connectivity index is 2.29. The first-order chi connectivity index (χ1) is 10.1. The fourth-order valence-electron chi connectivity index (χ4n) is 2.94. The van der Waals surface area contributed by atoms with Crippen LogP contribution in [-0.2, 0) is 0 Å². The quantitative estimate of drug-likeness (QED) is 0.286. The van der Waals surface area contributed by atoms with Crippen molar-refractivity contribution in [3.8, 4) is 0 Å². The monoisotopic (exact) mass is 308 g/mol. The molecule has 1 aromatic rings. The van der Waals surface area contributed by atoms with E-state index in [-0.39, 0.29) is 5.84 Å². The summed E-state index contributed by atoms with van der Waals surface area (Å²) < 4.78 is 0. The third-order valence-corrected chi connectivity index (χ3v) is 4.94. The molecule has 1 saturated heterocycles. The minimum absolute atomic E-state index is 0.168. The Bertz CT molecular complexity index is 520. The summed E-state index contributed by atoms with van der Waals surface area (Å²) in [4.78, 5) is 5.63. The molecule has 3 N–H and O–H groups in total. The molecule has 1 atom stereocenters. The van der Waals surface area contributed by atoms with E-state index in [2.05, 4.69) is 29.1 Å². The van der Waals surface area contributed by atoms with Crippen LogP contribution in [0.5, 0.6) is 0 Å². The zero-order valence-corrected chi connectivity index (χ0v) is 13.7. The van der Waals surface area contributed by atoms with Crippen molar-refractivity contribution in [2.45, 2.75) is 23.8 Å². The Kier molecular flexibility index (Phi) is 5.36. The normalized spacial score (nSPS) is 20.0. The molecule has 0 spiro atoms. The molecule has 0 bridgehead atoms. The lowest BCUT2D eigenvalue weighted by molar-refractivity contribution is 0.314. The van der Waals surface area contributed by atoms with Gasteiger partial charge in [-0.1, -0.05) is 11.2 Å². The molecule has 6 heteroatoms. The van der Waals surface area contributed by atoms with Crippen molar-refractivity contribution in [3.63, 3.8) is 0 Å². The molecule has 1 heterocycles. The van der Waals surface area contributed by atoms with Crippen LogP contribution in [0.15, 0.2) is 28.3 Å². The molecule has 2 rings (SSSR count). The van der Waals surface area contributed by atoms with Crippen molar-refractivity contribution >= 4 is 23.3 Å². The second-order valence-corrected chi connectivity index (χ2v) is 6.34. The maximum atomic E-state index is 9.07. The summed E-state index contributed by atoms with van der Waals surface area (Å²) in [5, 5.41) is 12.3. The van der Waals surface area contributed by atoms with Gasteiger partial charge < -0.3 is 20.7 Å². The summed E-state index contributed by atoms with van der Waals surface area (Å²) in [6, 6.07) is 6.61. The topological polar surface area (TPSA) is 65.1 Å². The number of amidine groups is 1. The smallest absolute Gasteiger partial charge is 0.173 e. The van der Waals surface area contributed by atoms with E-state index in [9.17, 15) is 0 Å². The van der Waals surface area contributed by atoms with Crippen molar-refractivity contribution < 1.29 is 5.21 Å². The number of anilines is 1. The Labute approximate surface area is 130 Å². The highest BCUT2D eigenvalue weighted by molar-refractivity contribution is 7.98. The minimum Gasteiger partial charge on any atom is -0.409 e. The van der Waals surface area contributed by atoms with Crippen LogP contribution in [0.1, 0.15) is 18.4 Å². The summed E-state index contributed by atoms with van der Waals surface area (Å²) >= 11 is 1.60. The Morgan fingerprint density at radius 3 is 2.90 bits per heavy atom. The first-order valence-electron chi connectivity index (χ1n) is 7.14. The highest BCUT2D eigenvalue weighted by atomic mass is 32.2. The molecule has 116 valence electrons. The summed E-state index contributed by atoms with van der Waals surface area (Å²) in [7, 11) is 4.24. The van der Waals surface area contributed by atoms with Gasteiger partial charge in [0.15, 0.2) is 5.84 Å². The predicted octanol–water partition coefficient (Wildman–Crippen LogP) is 2.03. The van der Waals surface area contributed by atoms with Gasteiger partial charge in [0.1, 0.15) is 0 Å². The van der Waals surface area contributed by atoms with E-state index in [1.807, 2.05) is 24.5 Å². The van der Waals surface area contributed by atoms with Gasteiger partial charge in [-0.05, 0) is 44.8 Å². The third-order valence-electron chi connectivity index (χ3n) is 4.16. The fourth-order valence-corrected chi connectivity index (χ4v) is 3.57. The van der Waals surface area contributed by atoms with E-state index in [1.165, 1.54) is 12.8 Å². The van der Waals surface area contributed by atoms with Crippen LogP contribution >= 0.6 is 11.8 Å². The van der Waals surface area contributed by atoms with E-state index < -0.39 is 0 Å². The molecule has 0 aliphatic carbocycles. The number of likely N-dealkylation sites (N-methyl/N-ethyl adjacent to an activating group) is 2. The van der Waals surface area contributed by atoms with Crippen LogP contribution in [0, 0.1) is 0 Å². The van der Waals surface area contributed by atoms with Gasteiger partial charge in [0.25, 0.3) is 0 Å². The largest absolute Gasteiger partial charge is 0.409 e. The molecule has 5 nitrogen and oxygen atoms in total. The number of nitrogens with zero attached hydrogens (tertiary/aromatic N) is 3. The Morgan fingerprint density at radius 1 is 1.57 bits per heavy atom. The SMILES string of the molecule is CSc1cccc(N(C)CC2CCCN2C)c1/C(N)=N/O. The number of thioether (sulfide) groups is 1. The lowest BCUT2D eigenvalue weighted by atomic mass is 10.1. The summed E-state index contributed by atoms with van der Waals surface area (Å²) in [5.74, 6) is 0.168. The van der Waals surface area contributed by atoms with E-state index in [4.69, 9.17) is 10.9 Å². The van der Waals surface area contributed by atoms with Gasteiger partial charge in [0.05, 0.1) is 5.56 Å². The first-order valence-corrected chi connectivity index (χ1v) is 8.37. The second-order valence-electron chi connectivity index (χ2n) is 5.50. The number of likely N-dealkylation sites (tertiary alicyclic amines) is 1. The van der Waals surface area contributed by atoms with Crippen LogP contribution in [0.2, 0.25) is 0 Å². The van der Waals surface area contributed by atoms with Gasteiger partial charge in [-0.25, -0.2) is 0 Å². The van der Waals surface area contributed by atoms with Gasteiger partial charge >= 0.3 is 0 Å². The first kappa shape index (κ1) is 16.0. The summed E-state index contributed by atoms with van der Waals surface area (Å²) in [6.45, 7) is 2.11. The maximum Gasteiger partial charge on any atom is 0.173 e. The van der Waals surface area contributed by atoms with Gasteiger partial charge in [-0.3, -0.25) is 0 Å². The highest BCUT2D eigenvalue weighted by Gasteiger charge is 2.24. The number of benzene rings is 1. The molecule has 0 saturated carbocycles. The molecule has 1 aliphatic rings. The zero-order valence-electron chi connectivity index (χ0n) is 12.9. The summed E-state index contributed by atoms with van der Waals surface area (Å²) in [5.41, 5.74) is 7.72. The lowest BCUT2D eigenvalue weighted by Gasteiger charge is -2.29. The van der Waals surface area contributed by atoms with Gasteiger partial charge in [0.2, 0.25) is 0 Å². The molecular formula is C15H24N4OS. The average Bonchev–Trinajstić information content (AvgIpc) is 2.90. The third kappa shape index (κ3) is 3.44. The minimum atomic E-state index is 0.168. The number of rotatable bonds is 5. The Morgan fingerprint density at radius 2 is 2.33 bits per heavy atom. The fraction of sp³-hybridized carbons (Fsp3) is 0.533. The zero-order chi connectivity index (χ0) is 15.4. The highest BCUT2D eigenvalue weighted by Crippen LogP contribution is 2.30. The van der Waals surface area contributed by atoms with E-state index >= 15 is 0 Å². The van der Waals surface area contributed by atoms with E-state index in [0.29, 0.717) is 6.04 Å². The number of nitrogens with two attached hydrogens (primary N) is 1. The number of hydrogen-bond donors (Lipinski definition) is 2. The molecule has 0 radical (unpaired) electrons. The standard InChI is InChI=1S/C15H24N4OS/c1-18-9-5-6-11(18)10-19(2)12-7-4-8-13(21-3)14(12)15(16)17-20/h4,7-8,11,20H,5-6,9-10H2,1-3H3,(H2,16,17). The molecule has 21 heavy (non-hydrogen) atoms. The number of oxime groups is 1. The molecule has 1 unspecified atom stereocenters. The van der Waals surface area contributed by atoms with Crippen molar-refractivity contribution in [2.24, 2.45) is 10.9 Å². The van der Waals surface area contributed by atoms with Crippen LogP contribution in [-0.4, -0.2) is 55.4 Å². The molecule has 1 aliphatic heterocycles. The molecule has 0 aromatic heterocycles. The molecular weight excluding hydrogens is 284 g/mol. The van der Waals surface area contributed by atoms with Gasteiger partial charge in [0, 0.05) is 30.2 Å². The summed E-state index contributed by atoms with van der Waals surface area (Å²) in [6.07, 6.45) is 4.48.